The zero-order valence-electron chi connectivity index (χ0n) is 12.1. The Morgan fingerprint density at radius 2 is 1.78 bits per heavy atom. The van der Waals surface area contributed by atoms with Gasteiger partial charge in [-0.1, -0.05) is 17.7 Å². The molecule has 0 radical (unpaired) electrons. The van der Waals surface area contributed by atoms with Gasteiger partial charge in [0, 0.05) is 19.7 Å². The smallest absolute Gasteiger partial charge is 0.0897 e. The fraction of sp³-hybridized carbons (Fsp3) is 0.600. The van der Waals surface area contributed by atoms with Crippen molar-refractivity contribution >= 4 is 0 Å². The average Bonchev–Trinajstić information content (AvgIpc) is 2.25. The number of aryl methyl sites for hydroxylation is 3. The lowest BCUT2D eigenvalue weighted by Gasteiger charge is -2.21. The fourth-order valence-electron chi connectivity index (χ4n) is 2.54. The Balaban J connectivity index is 2.70. The van der Waals surface area contributed by atoms with Gasteiger partial charge in [0.1, 0.15) is 0 Å². The molecule has 0 heterocycles. The van der Waals surface area contributed by atoms with Gasteiger partial charge in [-0.3, -0.25) is 0 Å². The summed E-state index contributed by atoms with van der Waals surface area (Å²) in [6, 6.07) is 4.63. The largest absolute Gasteiger partial charge is 0.389 e. The van der Waals surface area contributed by atoms with Crippen LogP contribution in [0, 0.1) is 20.8 Å². The zero-order chi connectivity index (χ0) is 13.7. The van der Waals surface area contributed by atoms with Gasteiger partial charge in [0.15, 0.2) is 0 Å². The summed E-state index contributed by atoms with van der Waals surface area (Å²) < 4.78 is 4.91. The minimum absolute atomic E-state index is 0.233. The highest BCUT2D eigenvalue weighted by molar-refractivity contribution is 5.39. The Kier molecular flexibility index (Phi) is 5.79. The SMILES string of the molecule is COCC(O)CNC(C)c1c(C)cc(C)cc1C. The van der Waals surface area contributed by atoms with Gasteiger partial charge in [-0.25, -0.2) is 0 Å². The molecule has 0 aliphatic carbocycles. The second-order valence-corrected chi connectivity index (χ2v) is 5.05. The third-order valence-corrected chi connectivity index (χ3v) is 3.19. The Hall–Kier alpha value is -0.900. The van der Waals surface area contributed by atoms with Crippen molar-refractivity contribution in [3.63, 3.8) is 0 Å². The van der Waals surface area contributed by atoms with Crippen molar-refractivity contribution in [1.82, 2.24) is 5.32 Å². The standard InChI is InChI=1S/C15H25NO2/c1-10-6-11(2)15(12(3)7-10)13(4)16-8-14(17)9-18-5/h6-7,13-14,16-17H,8-9H2,1-5H3. The van der Waals surface area contributed by atoms with E-state index in [1.165, 1.54) is 22.3 Å². The maximum atomic E-state index is 9.64. The molecule has 3 nitrogen and oxygen atoms in total. The second-order valence-electron chi connectivity index (χ2n) is 5.05. The van der Waals surface area contributed by atoms with Crippen LogP contribution < -0.4 is 5.32 Å². The number of ether oxygens (including phenoxy) is 1. The topological polar surface area (TPSA) is 41.5 Å². The van der Waals surface area contributed by atoms with E-state index in [9.17, 15) is 5.11 Å². The minimum atomic E-state index is -0.455. The van der Waals surface area contributed by atoms with Gasteiger partial charge in [0.25, 0.3) is 0 Å². The van der Waals surface area contributed by atoms with Gasteiger partial charge in [-0.15, -0.1) is 0 Å². The Morgan fingerprint density at radius 3 is 2.28 bits per heavy atom. The predicted octanol–water partition coefficient (Wildman–Crippen LogP) is 2.27. The molecular weight excluding hydrogens is 226 g/mol. The number of aliphatic hydroxyl groups is 1. The molecule has 0 aromatic heterocycles. The number of benzene rings is 1. The van der Waals surface area contributed by atoms with E-state index in [0.717, 1.165) is 0 Å². The van der Waals surface area contributed by atoms with Crippen LogP contribution in [0.5, 0.6) is 0 Å². The van der Waals surface area contributed by atoms with Crippen LogP contribution in [0.1, 0.15) is 35.2 Å². The maximum Gasteiger partial charge on any atom is 0.0897 e. The van der Waals surface area contributed by atoms with Crippen LogP contribution >= 0.6 is 0 Å². The summed E-state index contributed by atoms with van der Waals surface area (Å²) in [5, 5.41) is 13.0. The van der Waals surface area contributed by atoms with E-state index in [2.05, 4.69) is 45.1 Å². The zero-order valence-corrected chi connectivity index (χ0v) is 12.1. The first kappa shape index (κ1) is 15.2. The van der Waals surface area contributed by atoms with Gasteiger partial charge < -0.3 is 15.2 Å². The summed E-state index contributed by atoms with van der Waals surface area (Å²) in [4.78, 5) is 0. The maximum absolute atomic E-state index is 9.64. The monoisotopic (exact) mass is 251 g/mol. The molecule has 1 rings (SSSR count). The lowest BCUT2D eigenvalue weighted by molar-refractivity contribution is 0.0630. The van der Waals surface area contributed by atoms with E-state index < -0.39 is 6.10 Å². The average molecular weight is 251 g/mol. The molecule has 3 heteroatoms. The lowest BCUT2D eigenvalue weighted by Crippen LogP contribution is -2.32. The van der Waals surface area contributed by atoms with Crippen LogP contribution in [0.4, 0.5) is 0 Å². The molecule has 0 spiro atoms. The quantitative estimate of drug-likeness (QED) is 0.815. The number of aliphatic hydroxyl groups excluding tert-OH is 1. The van der Waals surface area contributed by atoms with Gasteiger partial charge in [0.05, 0.1) is 12.7 Å². The second kappa shape index (κ2) is 6.88. The van der Waals surface area contributed by atoms with Crippen LogP contribution in [0.15, 0.2) is 12.1 Å². The third kappa shape index (κ3) is 4.09. The molecule has 0 fully saturated rings. The predicted molar refractivity (Wildman–Crippen MR) is 75.0 cm³/mol. The molecule has 0 amide bonds. The van der Waals surface area contributed by atoms with Crippen molar-refractivity contribution in [2.45, 2.75) is 39.8 Å². The van der Waals surface area contributed by atoms with Gasteiger partial charge in [0.2, 0.25) is 0 Å². The molecule has 2 atom stereocenters. The molecule has 0 aliphatic heterocycles. The summed E-state index contributed by atoms with van der Waals surface area (Å²) in [5.74, 6) is 0. The number of hydrogen-bond donors (Lipinski definition) is 2. The van der Waals surface area contributed by atoms with Crippen molar-refractivity contribution in [3.05, 3.63) is 34.4 Å². The first-order valence-corrected chi connectivity index (χ1v) is 6.43. The Bertz CT molecular complexity index is 367. The Labute approximate surface area is 110 Å². The molecule has 2 unspecified atom stereocenters. The molecule has 2 N–H and O–H groups in total. The fourth-order valence-corrected chi connectivity index (χ4v) is 2.54. The van der Waals surface area contributed by atoms with Gasteiger partial charge >= 0.3 is 0 Å². The summed E-state index contributed by atoms with van der Waals surface area (Å²) in [7, 11) is 1.60. The van der Waals surface area contributed by atoms with E-state index in [-0.39, 0.29) is 6.04 Å². The van der Waals surface area contributed by atoms with Crippen molar-refractivity contribution in [2.75, 3.05) is 20.3 Å². The highest BCUT2D eigenvalue weighted by atomic mass is 16.5. The molecule has 0 saturated carbocycles. The number of methoxy groups -OCH3 is 1. The first-order valence-electron chi connectivity index (χ1n) is 6.43. The van der Waals surface area contributed by atoms with Crippen molar-refractivity contribution < 1.29 is 9.84 Å². The minimum Gasteiger partial charge on any atom is -0.389 e. The first-order chi connectivity index (χ1) is 8.45. The highest BCUT2D eigenvalue weighted by Gasteiger charge is 2.13. The number of nitrogens with one attached hydrogen (secondary N) is 1. The molecule has 102 valence electrons. The normalized spacial score (nSPS) is 14.6. The van der Waals surface area contributed by atoms with Crippen LogP contribution in [-0.2, 0) is 4.74 Å². The number of rotatable bonds is 6. The van der Waals surface area contributed by atoms with Crippen molar-refractivity contribution in [1.29, 1.82) is 0 Å². The van der Waals surface area contributed by atoms with E-state index in [4.69, 9.17) is 4.74 Å². The third-order valence-electron chi connectivity index (χ3n) is 3.19. The molecule has 18 heavy (non-hydrogen) atoms. The highest BCUT2D eigenvalue weighted by Crippen LogP contribution is 2.23. The van der Waals surface area contributed by atoms with Gasteiger partial charge in [-0.2, -0.15) is 0 Å². The molecule has 0 bridgehead atoms. The molecule has 1 aromatic carbocycles. The summed E-state index contributed by atoms with van der Waals surface area (Å²) in [6.45, 7) is 9.43. The van der Waals surface area contributed by atoms with Gasteiger partial charge in [-0.05, 0) is 44.4 Å². The van der Waals surface area contributed by atoms with E-state index in [0.29, 0.717) is 13.2 Å². The van der Waals surface area contributed by atoms with Crippen LogP contribution in [0.3, 0.4) is 0 Å². The Morgan fingerprint density at radius 1 is 1.22 bits per heavy atom. The summed E-state index contributed by atoms with van der Waals surface area (Å²) in [6.07, 6.45) is -0.455. The van der Waals surface area contributed by atoms with E-state index >= 15 is 0 Å². The molecular formula is C15H25NO2. The van der Waals surface area contributed by atoms with Crippen molar-refractivity contribution in [3.8, 4) is 0 Å². The lowest BCUT2D eigenvalue weighted by atomic mass is 9.95. The van der Waals surface area contributed by atoms with E-state index in [1.807, 2.05) is 0 Å². The summed E-state index contributed by atoms with van der Waals surface area (Å²) >= 11 is 0. The molecule has 0 saturated heterocycles. The van der Waals surface area contributed by atoms with E-state index in [1.54, 1.807) is 7.11 Å². The van der Waals surface area contributed by atoms with Crippen molar-refractivity contribution in [2.24, 2.45) is 0 Å². The molecule has 1 aromatic rings. The van der Waals surface area contributed by atoms with Crippen LogP contribution in [0.2, 0.25) is 0 Å². The summed E-state index contributed by atoms with van der Waals surface area (Å²) in [5.41, 5.74) is 5.22. The number of hydrogen-bond acceptors (Lipinski definition) is 3. The van der Waals surface area contributed by atoms with Crippen LogP contribution in [0.25, 0.3) is 0 Å². The van der Waals surface area contributed by atoms with Crippen LogP contribution in [-0.4, -0.2) is 31.5 Å². The molecule has 0 aliphatic rings.